The van der Waals surface area contributed by atoms with Crippen LogP contribution in [0, 0.1) is 6.92 Å². The molecule has 214 valence electrons. The number of benzene rings is 3. The van der Waals surface area contributed by atoms with Crippen LogP contribution in [0.25, 0.3) is 6.08 Å². The molecule has 5 rings (SSSR count). The fourth-order valence-corrected chi connectivity index (χ4v) is 5.67. The molecule has 0 atom stereocenters. The summed E-state index contributed by atoms with van der Waals surface area (Å²) in [5, 5.41) is 3.38. The van der Waals surface area contributed by atoms with E-state index in [1.54, 1.807) is 29.4 Å². The lowest BCUT2D eigenvalue weighted by molar-refractivity contribution is -0.122. The number of rotatable bonds is 10. The van der Waals surface area contributed by atoms with Gasteiger partial charge in [-0.15, -0.1) is 0 Å². The van der Waals surface area contributed by atoms with Crippen LogP contribution in [0.3, 0.4) is 0 Å². The van der Waals surface area contributed by atoms with E-state index >= 15 is 0 Å². The molecule has 0 spiro atoms. The highest BCUT2D eigenvalue weighted by atomic mass is 79.9. The first kappa shape index (κ1) is 29.2. The summed E-state index contributed by atoms with van der Waals surface area (Å²) in [6, 6.07) is 24.2. The molecule has 0 unspecified atom stereocenters. The largest absolute Gasteiger partial charge is 0.490 e. The molecule has 1 fully saturated rings. The lowest BCUT2D eigenvalue weighted by atomic mass is 10.1. The van der Waals surface area contributed by atoms with Crippen molar-refractivity contribution in [2.75, 3.05) is 18.5 Å². The van der Waals surface area contributed by atoms with Gasteiger partial charge in [-0.25, -0.2) is 4.99 Å². The Balaban J connectivity index is 1.37. The third kappa shape index (κ3) is 7.32. The SMILES string of the molecule is CCOc1cc(/C=C2\SC(=Nc3ccccc3)N(Cc3ccco3)C2=O)cc(Br)c1OCC(=O)Nc1ccc(C)cc1. The number of hydrogen-bond acceptors (Lipinski definition) is 7. The predicted molar refractivity (Wildman–Crippen MR) is 169 cm³/mol. The number of thioether (sulfide) groups is 1. The first-order valence-corrected chi connectivity index (χ1v) is 14.8. The molecule has 1 aliphatic rings. The van der Waals surface area contributed by atoms with E-state index in [1.807, 2.05) is 80.6 Å². The Labute approximate surface area is 256 Å². The van der Waals surface area contributed by atoms with Crippen LogP contribution in [0.2, 0.25) is 0 Å². The third-order valence-electron chi connectivity index (χ3n) is 6.08. The van der Waals surface area contributed by atoms with Crippen LogP contribution >= 0.6 is 27.7 Å². The highest BCUT2D eigenvalue weighted by Gasteiger charge is 2.34. The Hall–Kier alpha value is -4.28. The van der Waals surface area contributed by atoms with Gasteiger partial charge in [0.25, 0.3) is 11.8 Å². The van der Waals surface area contributed by atoms with Crippen LogP contribution in [-0.4, -0.2) is 35.1 Å². The average molecular weight is 647 g/mol. The molecule has 2 amide bonds. The highest BCUT2D eigenvalue weighted by Crippen LogP contribution is 2.40. The third-order valence-corrected chi connectivity index (χ3v) is 7.67. The average Bonchev–Trinajstić information content (AvgIpc) is 3.59. The van der Waals surface area contributed by atoms with Crippen molar-refractivity contribution in [3.8, 4) is 11.5 Å². The monoisotopic (exact) mass is 645 g/mol. The number of hydrogen-bond donors (Lipinski definition) is 1. The maximum absolute atomic E-state index is 13.5. The number of para-hydroxylation sites is 1. The summed E-state index contributed by atoms with van der Waals surface area (Å²) in [7, 11) is 0. The normalized spacial score (nSPS) is 14.9. The molecule has 1 saturated heterocycles. The van der Waals surface area contributed by atoms with E-state index in [2.05, 4.69) is 21.2 Å². The molecule has 1 aliphatic heterocycles. The number of anilines is 1. The Morgan fingerprint density at radius 2 is 1.86 bits per heavy atom. The number of amides is 2. The second kappa shape index (κ2) is 13.6. The van der Waals surface area contributed by atoms with Crippen molar-refractivity contribution in [1.82, 2.24) is 4.90 Å². The van der Waals surface area contributed by atoms with Crippen LogP contribution < -0.4 is 14.8 Å². The zero-order valence-corrected chi connectivity index (χ0v) is 25.4. The quantitative estimate of drug-likeness (QED) is 0.179. The van der Waals surface area contributed by atoms with Crippen LogP contribution in [-0.2, 0) is 16.1 Å². The van der Waals surface area contributed by atoms with Gasteiger partial charge in [0.15, 0.2) is 23.3 Å². The van der Waals surface area contributed by atoms with E-state index in [4.69, 9.17) is 18.9 Å². The van der Waals surface area contributed by atoms with Gasteiger partial charge in [0.2, 0.25) is 0 Å². The molecular weight excluding hydrogens is 618 g/mol. The van der Waals surface area contributed by atoms with Gasteiger partial charge in [-0.1, -0.05) is 35.9 Å². The van der Waals surface area contributed by atoms with Crippen molar-refractivity contribution in [3.05, 3.63) is 111 Å². The molecule has 4 aromatic rings. The summed E-state index contributed by atoms with van der Waals surface area (Å²) >= 11 is 4.85. The van der Waals surface area contributed by atoms with Crippen LogP contribution in [0.4, 0.5) is 11.4 Å². The van der Waals surface area contributed by atoms with Gasteiger partial charge in [0, 0.05) is 5.69 Å². The number of nitrogens with one attached hydrogen (secondary N) is 1. The summed E-state index contributed by atoms with van der Waals surface area (Å²) in [5.41, 5.74) is 3.26. The molecule has 2 heterocycles. The number of furan rings is 1. The van der Waals surface area contributed by atoms with Crippen molar-refractivity contribution in [2.24, 2.45) is 4.99 Å². The van der Waals surface area contributed by atoms with Gasteiger partial charge >= 0.3 is 0 Å². The van der Waals surface area contributed by atoms with Gasteiger partial charge in [0.1, 0.15) is 5.76 Å². The smallest absolute Gasteiger partial charge is 0.267 e. The number of carbonyl (C=O) groups excluding carboxylic acids is 2. The predicted octanol–water partition coefficient (Wildman–Crippen LogP) is 7.57. The lowest BCUT2D eigenvalue weighted by Gasteiger charge is -2.15. The molecule has 8 nitrogen and oxygen atoms in total. The standard InChI is InChI=1S/C32H28BrN3O5S/c1-3-39-27-17-22(16-26(33)30(27)41-20-29(37)34-24-13-11-21(2)12-14-24)18-28-31(38)36(19-25-10-7-15-40-25)32(42-28)35-23-8-5-4-6-9-23/h4-18H,3,19-20H2,1-2H3,(H,34,37)/b28-18-,35-32?. The van der Waals surface area contributed by atoms with E-state index in [0.717, 1.165) is 16.8 Å². The van der Waals surface area contributed by atoms with Crippen molar-refractivity contribution >= 4 is 62.1 Å². The number of carbonyl (C=O) groups is 2. The summed E-state index contributed by atoms with van der Waals surface area (Å²) in [6.07, 6.45) is 3.37. The van der Waals surface area contributed by atoms with Gasteiger partial charge in [-0.2, -0.15) is 0 Å². The van der Waals surface area contributed by atoms with Crippen molar-refractivity contribution in [3.63, 3.8) is 0 Å². The minimum Gasteiger partial charge on any atom is -0.490 e. The van der Waals surface area contributed by atoms with Crippen LogP contribution in [0.15, 0.2) is 104 Å². The summed E-state index contributed by atoms with van der Waals surface area (Å²) in [4.78, 5) is 32.9. The summed E-state index contributed by atoms with van der Waals surface area (Å²) in [5.74, 6) is 1.01. The number of ether oxygens (including phenoxy) is 2. The fraction of sp³-hybridized carbons (Fsp3) is 0.156. The van der Waals surface area contributed by atoms with E-state index in [1.165, 1.54) is 11.8 Å². The second-order valence-electron chi connectivity index (χ2n) is 9.28. The molecule has 1 aromatic heterocycles. The number of amidine groups is 1. The first-order chi connectivity index (χ1) is 20.4. The first-order valence-electron chi connectivity index (χ1n) is 13.2. The van der Waals surface area contributed by atoms with Crippen molar-refractivity contribution in [1.29, 1.82) is 0 Å². The summed E-state index contributed by atoms with van der Waals surface area (Å²) < 4.78 is 17.8. The van der Waals surface area contributed by atoms with Gasteiger partial charge < -0.3 is 19.2 Å². The molecule has 0 aliphatic carbocycles. The Morgan fingerprint density at radius 1 is 1.07 bits per heavy atom. The van der Waals surface area contributed by atoms with E-state index in [-0.39, 0.29) is 25.0 Å². The van der Waals surface area contributed by atoms with Crippen molar-refractivity contribution in [2.45, 2.75) is 20.4 Å². The molecule has 42 heavy (non-hydrogen) atoms. The van der Waals surface area contributed by atoms with E-state index in [0.29, 0.717) is 44.1 Å². The zero-order valence-electron chi connectivity index (χ0n) is 23.0. The molecule has 0 bridgehead atoms. The van der Waals surface area contributed by atoms with E-state index < -0.39 is 0 Å². The topological polar surface area (TPSA) is 93.4 Å². The lowest BCUT2D eigenvalue weighted by Crippen LogP contribution is -2.28. The number of nitrogens with zero attached hydrogens (tertiary/aromatic N) is 2. The van der Waals surface area contributed by atoms with E-state index in [9.17, 15) is 9.59 Å². The van der Waals surface area contributed by atoms with Gasteiger partial charge in [-0.3, -0.25) is 14.5 Å². The number of halogens is 1. The number of aliphatic imine (C=N–C) groups is 1. The molecule has 0 radical (unpaired) electrons. The Kier molecular flexibility index (Phi) is 9.45. The molecular formula is C32H28BrN3O5S. The minimum absolute atomic E-state index is 0.187. The summed E-state index contributed by atoms with van der Waals surface area (Å²) in [6.45, 7) is 4.28. The molecule has 1 N–H and O–H groups in total. The maximum Gasteiger partial charge on any atom is 0.267 e. The molecule has 0 saturated carbocycles. The van der Waals surface area contributed by atoms with Gasteiger partial charge in [-0.05, 0) is 102 Å². The second-order valence-corrected chi connectivity index (χ2v) is 11.1. The molecule has 10 heteroatoms. The van der Waals surface area contributed by atoms with Crippen LogP contribution in [0.1, 0.15) is 23.8 Å². The van der Waals surface area contributed by atoms with Crippen LogP contribution in [0.5, 0.6) is 11.5 Å². The molecule has 3 aromatic carbocycles. The van der Waals surface area contributed by atoms with Gasteiger partial charge in [0.05, 0.1) is 34.5 Å². The maximum atomic E-state index is 13.5. The highest BCUT2D eigenvalue weighted by molar-refractivity contribution is 9.10. The van der Waals surface area contributed by atoms with Crippen molar-refractivity contribution < 1.29 is 23.5 Å². The fourth-order valence-electron chi connectivity index (χ4n) is 4.10. The Bertz CT molecular complexity index is 1620. The Morgan fingerprint density at radius 3 is 2.57 bits per heavy atom. The minimum atomic E-state index is -0.297. The zero-order chi connectivity index (χ0) is 29.5. The number of aryl methyl sites for hydroxylation is 1.